The van der Waals surface area contributed by atoms with Gasteiger partial charge in [-0.1, -0.05) is 55.4 Å². The first-order valence-electron chi connectivity index (χ1n) is 12.0. The zero-order valence-electron chi connectivity index (χ0n) is 19.7. The van der Waals surface area contributed by atoms with Crippen LogP contribution in [0.25, 0.3) is 33.7 Å². The number of aromatic nitrogens is 1. The summed E-state index contributed by atoms with van der Waals surface area (Å²) in [6.45, 7) is 7.47. The lowest BCUT2D eigenvalue weighted by Crippen LogP contribution is -2.53. The predicted molar refractivity (Wildman–Crippen MR) is 135 cm³/mol. The standard InChI is InChI=1S/C29H30N2O3/c1-3-17-31-18-25(19-31)33-24-15-11-21(12-16-24)27-28(26-8-6-5-7-20(26)4-2)30-34-29(27)22-9-13-23(32)14-10-22/h5-16,25,32H,3-4,17-19H2,1-2H3. The minimum Gasteiger partial charge on any atom is -0.508 e. The highest BCUT2D eigenvalue weighted by Crippen LogP contribution is 2.41. The molecule has 1 saturated heterocycles. The molecule has 1 N–H and O–H groups in total. The van der Waals surface area contributed by atoms with Crippen LogP contribution in [-0.2, 0) is 6.42 Å². The normalized spacial score (nSPS) is 14.2. The SMILES string of the molecule is CCCN1CC(Oc2ccc(-c3c(-c4ccccc4CC)noc3-c3ccc(O)cc3)cc2)C1. The summed E-state index contributed by atoms with van der Waals surface area (Å²) in [4.78, 5) is 2.41. The minimum absolute atomic E-state index is 0.219. The molecule has 0 aliphatic carbocycles. The van der Waals surface area contributed by atoms with E-state index in [2.05, 4.69) is 54.2 Å². The third-order valence-corrected chi connectivity index (χ3v) is 6.38. The van der Waals surface area contributed by atoms with Gasteiger partial charge in [-0.05, 0) is 66.9 Å². The van der Waals surface area contributed by atoms with E-state index in [0.29, 0.717) is 5.76 Å². The highest BCUT2D eigenvalue weighted by atomic mass is 16.5. The maximum Gasteiger partial charge on any atom is 0.175 e. The lowest BCUT2D eigenvalue weighted by Gasteiger charge is -2.38. The van der Waals surface area contributed by atoms with E-state index in [0.717, 1.165) is 59.8 Å². The molecular formula is C29H30N2O3. The molecule has 5 rings (SSSR count). The summed E-state index contributed by atoms with van der Waals surface area (Å²) in [5, 5.41) is 14.3. The first kappa shape index (κ1) is 22.2. The Morgan fingerprint density at radius 3 is 2.35 bits per heavy atom. The van der Waals surface area contributed by atoms with E-state index in [1.54, 1.807) is 12.1 Å². The van der Waals surface area contributed by atoms with Crippen molar-refractivity contribution in [1.82, 2.24) is 10.1 Å². The highest BCUT2D eigenvalue weighted by molar-refractivity contribution is 5.91. The van der Waals surface area contributed by atoms with E-state index < -0.39 is 0 Å². The summed E-state index contributed by atoms with van der Waals surface area (Å²) in [5.41, 5.74) is 5.93. The van der Waals surface area contributed by atoms with Crippen molar-refractivity contribution in [3.8, 4) is 45.2 Å². The van der Waals surface area contributed by atoms with Crippen LogP contribution in [0.5, 0.6) is 11.5 Å². The highest BCUT2D eigenvalue weighted by Gasteiger charge is 2.27. The lowest BCUT2D eigenvalue weighted by atomic mass is 9.93. The molecule has 2 heterocycles. The van der Waals surface area contributed by atoms with Gasteiger partial charge in [-0.25, -0.2) is 0 Å². The van der Waals surface area contributed by atoms with E-state index in [1.807, 2.05) is 30.3 Å². The van der Waals surface area contributed by atoms with Crippen LogP contribution in [0, 0.1) is 0 Å². The Balaban J connectivity index is 1.50. The molecule has 0 atom stereocenters. The predicted octanol–water partition coefficient (Wildman–Crippen LogP) is 6.42. The quantitative estimate of drug-likeness (QED) is 0.333. The topological polar surface area (TPSA) is 58.7 Å². The molecule has 3 aromatic carbocycles. The number of hydrogen-bond acceptors (Lipinski definition) is 5. The second-order valence-corrected chi connectivity index (χ2v) is 8.82. The van der Waals surface area contributed by atoms with Crippen LogP contribution in [0.1, 0.15) is 25.8 Å². The van der Waals surface area contributed by atoms with Gasteiger partial charge in [0.25, 0.3) is 0 Å². The zero-order valence-corrected chi connectivity index (χ0v) is 19.7. The molecule has 4 aromatic rings. The number of phenolic OH excluding ortho intramolecular Hbond substituents is 1. The number of aromatic hydroxyl groups is 1. The van der Waals surface area contributed by atoms with Crippen LogP contribution >= 0.6 is 0 Å². The second-order valence-electron chi connectivity index (χ2n) is 8.82. The number of nitrogens with zero attached hydrogens (tertiary/aromatic N) is 2. The van der Waals surface area contributed by atoms with Crippen LogP contribution < -0.4 is 4.74 Å². The van der Waals surface area contributed by atoms with Crippen molar-refractivity contribution in [3.05, 3.63) is 78.4 Å². The average Bonchev–Trinajstić information content (AvgIpc) is 3.28. The van der Waals surface area contributed by atoms with Crippen molar-refractivity contribution in [2.24, 2.45) is 0 Å². The molecule has 0 unspecified atom stereocenters. The molecule has 1 aliphatic heterocycles. The van der Waals surface area contributed by atoms with Crippen LogP contribution in [0.3, 0.4) is 0 Å². The van der Waals surface area contributed by atoms with Crippen molar-refractivity contribution in [1.29, 1.82) is 0 Å². The first-order valence-corrected chi connectivity index (χ1v) is 12.0. The Kier molecular flexibility index (Phi) is 6.37. The number of hydrogen-bond donors (Lipinski definition) is 1. The Labute approximate surface area is 200 Å². The molecule has 0 spiro atoms. The number of likely N-dealkylation sites (tertiary alicyclic amines) is 1. The molecule has 5 heteroatoms. The van der Waals surface area contributed by atoms with Crippen LogP contribution in [-0.4, -0.2) is 40.9 Å². The van der Waals surface area contributed by atoms with Crippen LogP contribution in [0.15, 0.2) is 77.3 Å². The molecule has 0 amide bonds. The Hall–Kier alpha value is -3.57. The van der Waals surface area contributed by atoms with Crippen molar-refractivity contribution < 1.29 is 14.4 Å². The maximum absolute atomic E-state index is 9.75. The molecule has 0 saturated carbocycles. The number of rotatable bonds is 8. The lowest BCUT2D eigenvalue weighted by molar-refractivity contribution is 0.0203. The number of benzene rings is 3. The van der Waals surface area contributed by atoms with E-state index >= 15 is 0 Å². The first-order chi connectivity index (χ1) is 16.7. The van der Waals surface area contributed by atoms with E-state index in [1.165, 1.54) is 12.0 Å². The van der Waals surface area contributed by atoms with E-state index in [4.69, 9.17) is 9.26 Å². The monoisotopic (exact) mass is 454 g/mol. The Morgan fingerprint density at radius 2 is 1.65 bits per heavy atom. The Bertz CT molecular complexity index is 1240. The fourth-order valence-electron chi connectivity index (χ4n) is 4.60. The van der Waals surface area contributed by atoms with Gasteiger partial charge < -0.3 is 14.4 Å². The summed E-state index contributed by atoms with van der Waals surface area (Å²) >= 11 is 0. The molecule has 1 aliphatic rings. The third kappa shape index (κ3) is 4.44. The average molecular weight is 455 g/mol. The minimum atomic E-state index is 0.219. The van der Waals surface area contributed by atoms with Gasteiger partial charge in [0.05, 0.1) is 5.56 Å². The number of ether oxygens (including phenoxy) is 1. The van der Waals surface area contributed by atoms with Crippen molar-refractivity contribution in [2.75, 3.05) is 19.6 Å². The van der Waals surface area contributed by atoms with Gasteiger partial charge in [0, 0.05) is 24.2 Å². The van der Waals surface area contributed by atoms with Crippen molar-refractivity contribution in [2.45, 2.75) is 32.8 Å². The van der Waals surface area contributed by atoms with Gasteiger partial charge in [0.15, 0.2) is 5.76 Å². The smallest absolute Gasteiger partial charge is 0.175 e. The van der Waals surface area contributed by atoms with Gasteiger partial charge in [-0.2, -0.15) is 0 Å². The molecule has 174 valence electrons. The molecule has 0 radical (unpaired) electrons. The third-order valence-electron chi connectivity index (χ3n) is 6.38. The van der Waals surface area contributed by atoms with Gasteiger partial charge in [-0.15, -0.1) is 0 Å². The molecule has 1 fully saturated rings. The Morgan fingerprint density at radius 1 is 0.941 bits per heavy atom. The maximum atomic E-state index is 9.75. The zero-order chi connectivity index (χ0) is 23.5. The summed E-state index contributed by atoms with van der Waals surface area (Å²) in [7, 11) is 0. The molecule has 0 bridgehead atoms. The molecule has 1 aromatic heterocycles. The summed E-state index contributed by atoms with van der Waals surface area (Å²) in [6, 6.07) is 23.6. The molecule has 5 nitrogen and oxygen atoms in total. The molecule has 34 heavy (non-hydrogen) atoms. The summed E-state index contributed by atoms with van der Waals surface area (Å²) < 4.78 is 12.1. The largest absolute Gasteiger partial charge is 0.508 e. The number of aryl methyl sites for hydroxylation is 1. The second kappa shape index (κ2) is 9.74. The fourth-order valence-corrected chi connectivity index (χ4v) is 4.60. The summed E-state index contributed by atoms with van der Waals surface area (Å²) in [6.07, 6.45) is 2.33. The number of phenols is 1. The summed E-state index contributed by atoms with van der Waals surface area (Å²) in [5.74, 6) is 1.78. The fraction of sp³-hybridized carbons (Fsp3) is 0.276. The van der Waals surface area contributed by atoms with Gasteiger partial charge in [0.1, 0.15) is 23.3 Å². The van der Waals surface area contributed by atoms with Gasteiger partial charge >= 0.3 is 0 Å². The van der Waals surface area contributed by atoms with E-state index in [9.17, 15) is 5.11 Å². The van der Waals surface area contributed by atoms with E-state index in [-0.39, 0.29) is 11.9 Å². The van der Waals surface area contributed by atoms with Gasteiger partial charge in [0.2, 0.25) is 0 Å². The van der Waals surface area contributed by atoms with Gasteiger partial charge in [-0.3, -0.25) is 4.90 Å². The van der Waals surface area contributed by atoms with Crippen LogP contribution in [0.2, 0.25) is 0 Å². The van der Waals surface area contributed by atoms with Crippen molar-refractivity contribution >= 4 is 0 Å². The molecular weight excluding hydrogens is 424 g/mol. The van der Waals surface area contributed by atoms with Crippen molar-refractivity contribution in [3.63, 3.8) is 0 Å². The van der Waals surface area contributed by atoms with Crippen LogP contribution in [0.4, 0.5) is 0 Å².